The second kappa shape index (κ2) is 4.53. The summed E-state index contributed by atoms with van der Waals surface area (Å²) in [6, 6.07) is 3.10. The Balaban J connectivity index is 3.03. The first kappa shape index (κ1) is 13.2. The first-order chi connectivity index (χ1) is 7.21. The molecule has 0 aromatic heterocycles. The van der Waals surface area contributed by atoms with E-state index >= 15 is 0 Å². The fraction of sp³-hybridized carbons (Fsp3) is 0.417. The number of nitrogens with one attached hydrogen (secondary N) is 1. The van der Waals surface area contributed by atoms with Crippen LogP contribution in [0.3, 0.4) is 0 Å². The zero-order valence-corrected chi connectivity index (χ0v) is 11.4. The number of amides is 1. The van der Waals surface area contributed by atoms with Crippen molar-refractivity contribution in [2.45, 2.75) is 27.7 Å². The van der Waals surface area contributed by atoms with Crippen LogP contribution in [0.1, 0.15) is 26.3 Å². The highest BCUT2D eigenvalue weighted by molar-refractivity contribution is 9.10. The minimum atomic E-state index is -0.536. The molecule has 0 unspecified atom stereocenters. The molecule has 0 saturated heterocycles. The van der Waals surface area contributed by atoms with E-state index in [1.54, 1.807) is 33.8 Å². The van der Waals surface area contributed by atoms with Crippen molar-refractivity contribution in [3.05, 3.63) is 28.0 Å². The van der Waals surface area contributed by atoms with E-state index in [9.17, 15) is 9.18 Å². The summed E-state index contributed by atoms with van der Waals surface area (Å²) < 4.78 is 14.3. The van der Waals surface area contributed by atoms with Gasteiger partial charge in [0, 0.05) is 9.89 Å². The van der Waals surface area contributed by atoms with Crippen molar-refractivity contribution in [3.63, 3.8) is 0 Å². The van der Waals surface area contributed by atoms with Crippen LogP contribution in [0.4, 0.5) is 10.1 Å². The van der Waals surface area contributed by atoms with Gasteiger partial charge in [0.2, 0.25) is 5.91 Å². The number of benzene rings is 1. The van der Waals surface area contributed by atoms with Gasteiger partial charge in [0.15, 0.2) is 0 Å². The first-order valence-corrected chi connectivity index (χ1v) is 5.78. The third-order valence-electron chi connectivity index (χ3n) is 2.17. The largest absolute Gasteiger partial charge is 0.323 e. The lowest BCUT2D eigenvalue weighted by Gasteiger charge is -2.19. The number of anilines is 1. The lowest BCUT2D eigenvalue weighted by Crippen LogP contribution is -2.28. The molecule has 0 radical (unpaired) electrons. The standard InChI is InChI=1S/C12H15BrFNO/c1-7-5-8(13)6-9(14)10(7)15-11(16)12(2,3)4/h5-6H,1-4H3,(H,15,16). The van der Waals surface area contributed by atoms with Crippen LogP contribution in [-0.2, 0) is 4.79 Å². The topological polar surface area (TPSA) is 29.1 Å². The maximum Gasteiger partial charge on any atom is 0.229 e. The van der Waals surface area contributed by atoms with E-state index in [-0.39, 0.29) is 11.6 Å². The van der Waals surface area contributed by atoms with Gasteiger partial charge in [0.05, 0.1) is 5.69 Å². The first-order valence-electron chi connectivity index (χ1n) is 4.99. The van der Waals surface area contributed by atoms with Crippen molar-refractivity contribution < 1.29 is 9.18 Å². The highest BCUT2D eigenvalue weighted by atomic mass is 79.9. The van der Waals surface area contributed by atoms with Crippen LogP contribution >= 0.6 is 15.9 Å². The summed E-state index contributed by atoms with van der Waals surface area (Å²) in [6.07, 6.45) is 0. The normalized spacial score (nSPS) is 11.4. The monoisotopic (exact) mass is 287 g/mol. The Morgan fingerprint density at radius 3 is 2.38 bits per heavy atom. The molecule has 1 amide bonds. The average Bonchev–Trinajstić information content (AvgIpc) is 2.08. The molecule has 88 valence electrons. The van der Waals surface area contributed by atoms with Crippen LogP contribution in [0.25, 0.3) is 0 Å². The van der Waals surface area contributed by atoms with E-state index in [1.165, 1.54) is 6.07 Å². The van der Waals surface area contributed by atoms with Crippen LogP contribution in [0.15, 0.2) is 16.6 Å². The lowest BCUT2D eigenvalue weighted by atomic mass is 9.95. The maximum absolute atomic E-state index is 13.6. The zero-order chi connectivity index (χ0) is 12.5. The second-order valence-electron chi connectivity index (χ2n) is 4.78. The van der Waals surface area contributed by atoms with Gasteiger partial charge in [-0.2, -0.15) is 0 Å². The summed E-state index contributed by atoms with van der Waals surface area (Å²) >= 11 is 3.20. The number of hydrogen-bond acceptors (Lipinski definition) is 1. The van der Waals surface area contributed by atoms with Crippen molar-refractivity contribution in [3.8, 4) is 0 Å². The van der Waals surface area contributed by atoms with Gasteiger partial charge in [-0.3, -0.25) is 4.79 Å². The van der Waals surface area contributed by atoms with Gasteiger partial charge in [0.25, 0.3) is 0 Å². The van der Waals surface area contributed by atoms with Crippen LogP contribution in [0, 0.1) is 18.2 Å². The molecule has 0 aliphatic carbocycles. The van der Waals surface area contributed by atoms with Gasteiger partial charge in [0.1, 0.15) is 5.82 Å². The average molecular weight is 288 g/mol. The SMILES string of the molecule is Cc1cc(Br)cc(F)c1NC(=O)C(C)(C)C. The smallest absolute Gasteiger partial charge is 0.229 e. The van der Waals surface area contributed by atoms with E-state index < -0.39 is 11.2 Å². The molecule has 1 N–H and O–H groups in total. The van der Waals surface area contributed by atoms with Crippen molar-refractivity contribution in [1.29, 1.82) is 0 Å². The molecule has 1 rings (SSSR count). The molecular weight excluding hydrogens is 273 g/mol. The Kier molecular flexibility index (Phi) is 3.73. The van der Waals surface area contributed by atoms with Crippen molar-refractivity contribution >= 4 is 27.5 Å². The number of halogens is 2. The van der Waals surface area contributed by atoms with Crippen LogP contribution in [-0.4, -0.2) is 5.91 Å². The molecule has 4 heteroatoms. The summed E-state index contributed by atoms with van der Waals surface area (Å²) in [5.41, 5.74) is 0.416. The van der Waals surface area contributed by atoms with E-state index in [0.717, 1.165) is 0 Å². The van der Waals surface area contributed by atoms with Gasteiger partial charge in [-0.05, 0) is 24.6 Å². The highest BCUT2D eigenvalue weighted by Gasteiger charge is 2.22. The zero-order valence-electron chi connectivity index (χ0n) is 9.82. The number of rotatable bonds is 1. The molecule has 0 saturated carbocycles. The minimum Gasteiger partial charge on any atom is -0.323 e. The van der Waals surface area contributed by atoms with Gasteiger partial charge < -0.3 is 5.32 Å². The van der Waals surface area contributed by atoms with Gasteiger partial charge in [-0.15, -0.1) is 0 Å². The van der Waals surface area contributed by atoms with E-state index in [1.807, 2.05) is 0 Å². The van der Waals surface area contributed by atoms with Crippen molar-refractivity contribution in [1.82, 2.24) is 0 Å². The van der Waals surface area contributed by atoms with Gasteiger partial charge >= 0.3 is 0 Å². The van der Waals surface area contributed by atoms with Gasteiger partial charge in [-0.25, -0.2) is 4.39 Å². The van der Waals surface area contributed by atoms with E-state index in [0.29, 0.717) is 10.0 Å². The summed E-state index contributed by atoms with van der Waals surface area (Å²) in [6.45, 7) is 7.11. The maximum atomic E-state index is 13.6. The molecule has 1 aromatic carbocycles. The predicted octanol–water partition coefficient (Wildman–Crippen LogP) is 3.88. The molecule has 0 bridgehead atoms. The molecule has 0 fully saturated rings. The van der Waals surface area contributed by atoms with Crippen LogP contribution in [0.2, 0.25) is 0 Å². The predicted molar refractivity (Wildman–Crippen MR) is 66.9 cm³/mol. The van der Waals surface area contributed by atoms with E-state index in [2.05, 4.69) is 21.2 Å². The third-order valence-corrected chi connectivity index (χ3v) is 2.63. The van der Waals surface area contributed by atoms with Gasteiger partial charge in [-0.1, -0.05) is 36.7 Å². The molecule has 2 nitrogen and oxygen atoms in total. The Morgan fingerprint density at radius 1 is 1.38 bits per heavy atom. The summed E-state index contributed by atoms with van der Waals surface area (Å²) in [7, 11) is 0. The molecule has 0 aliphatic rings. The molecule has 1 aromatic rings. The summed E-state index contributed by atoms with van der Waals surface area (Å²) in [4.78, 5) is 11.7. The quantitative estimate of drug-likeness (QED) is 0.834. The molecule has 0 atom stereocenters. The Morgan fingerprint density at radius 2 is 1.94 bits per heavy atom. The summed E-state index contributed by atoms with van der Waals surface area (Å²) in [5, 5.41) is 2.61. The Hall–Kier alpha value is -0.900. The molecule has 0 heterocycles. The third kappa shape index (κ3) is 3.04. The Bertz CT molecular complexity index is 401. The lowest BCUT2D eigenvalue weighted by molar-refractivity contribution is -0.123. The molecule has 16 heavy (non-hydrogen) atoms. The number of carbonyl (C=O) groups excluding carboxylic acids is 1. The molecular formula is C12H15BrFNO. The second-order valence-corrected chi connectivity index (χ2v) is 5.70. The highest BCUT2D eigenvalue weighted by Crippen LogP contribution is 2.26. The fourth-order valence-electron chi connectivity index (χ4n) is 1.16. The fourth-order valence-corrected chi connectivity index (χ4v) is 1.71. The van der Waals surface area contributed by atoms with Crippen molar-refractivity contribution in [2.75, 3.05) is 5.32 Å². The number of hydrogen-bond donors (Lipinski definition) is 1. The minimum absolute atomic E-state index is 0.197. The van der Waals surface area contributed by atoms with Crippen LogP contribution < -0.4 is 5.32 Å². The number of aryl methyl sites for hydroxylation is 1. The van der Waals surface area contributed by atoms with E-state index in [4.69, 9.17) is 0 Å². The van der Waals surface area contributed by atoms with Crippen molar-refractivity contribution in [2.24, 2.45) is 5.41 Å². The number of carbonyl (C=O) groups is 1. The van der Waals surface area contributed by atoms with Crippen LogP contribution in [0.5, 0.6) is 0 Å². The summed E-state index contributed by atoms with van der Waals surface area (Å²) in [5.74, 6) is -0.624. The Labute approximate surface area is 103 Å². The molecule has 0 aliphatic heterocycles. The molecule has 0 spiro atoms.